The van der Waals surface area contributed by atoms with Crippen molar-refractivity contribution < 1.29 is 4.73 Å². The molecule has 0 aliphatic heterocycles. The number of aryl methyl sites for hydroxylation is 1. The lowest BCUT2D eigenvalue weighted by atomic mass is 10.3. The number of anilines is 1. The van der Waals surface area contributed by atoms with Crippen LogP contribution in [0, 0.1) is 12.1 Å². The minimum atomic E-state index is 0. The fourth-order valence-electron chi connectivity index (χ4n) is 1.01. The molecule has 1 aromatic rings. The first-order valence-corrected chi connectivity index (χ1v) is 5.36. The molecule has 0 bridgehead atoms. The SMILES string of the molecule is Br.Cc1cc[n+]([O-])c(NCCCBr)c1. The summed E-state index contributed by atoms with van der Waals surface area (Å²) in [5, 5.41) is 15.2. The summed E-state index contributed by atoms with van der Waals surface area (Å²) in [6.07, 6.45) is 2.53. The molecule has 0 aliphatic carbocycles. The van der Waals surface area contributed by atoms with Gasteiger partial charge in [-0.2, -0.15) is 0 Å². The van der Waals surface area contributed by atoms with Gasteiger partial charge in [0.05, 0.1) is 12.7 Å². The molecular formula is C9H14Br2N2O. The first-order chi connectivity index (χ1) is 6.24. The van der Waals surface area contributed by atoms with Crippen LogP contribution in [0.4, 0.5) is 5.82 Å². The van der Waals surface area contributed by atoms with Crippen LogP contribution in [0.1, 0.15) is 12.0 Å². The van der Waals surface area contributed by atoms with Gasteiger partial charge in [0, 0.05) is 11.4 Å². The Hall–Kier alpha value is -0.290. The zero-order valence-electron chi connectivity index (χ0n) is 8.00. The predicted molar refractivity (Wildman–Crippen MR) is 67.4 cm³/mol. The van der Waals surface area contributed by atoms with Gasteiger partial charge in [0.15, 0.2) is 0 Å². The Morgan fingerprint density at radius 1 is 1.57 bits per heavy atom. The molecule has 1 rings (SSSR count). The standard InChI is InChI=1S/C9H13BrN2O.BrH/c1-8-3-6-12(13)9(7-8)11-5-2-4-10;/h3,6-7,11H,2,4-5H2,1H3;1H. The Bertz CT molecular complexity index is 282. The molecule has 0 aliphatic rings. The highest BCUT2D eigenvalue weighted by Gasteiger charge is 2.01. The highest BCUT2D eigenvalue weighted by atomic mass is 79.9. The van der Waals surface area contributed by atoms with E-state index in [9.17, 15) is 5.21 Å². The van der Waals surface area contributed by atoms with E-state index >= 15 is 0 Å². The molecule has 1 heterocycles. The van der Waals surface area contributed by atoms with E-state index in [2.05, 4.69) is 21.2 Å². The third kappa shape index (κ3) is 4.28. The van der Waals surface area contributed by atoms with Gasteiger partial charge in [0.25, 0.3) is 5.82 Å². The molecule has 80 valence electrons. The van der Waals surface area contributed by atoms with Crippen LogP contribution in [0.5, 0.6) is 0 Å². The summed E-state index contributed by atoms with van der Waals surface area (Å²) < 4.78 is 0.848. The summed E-state index contributed by atoms with van der Waals surface area (Å²) in [6.45, 7) is 2.78. The molecule has 5 heteroatoms. The molecule has 0 fully saturated rings. The Kier molecular flexibility index (Phi) is 6.92. The first kappa shape index (κ1) is 13.7. The van der Waals surface area contributed by atoms with Gasteiger partial charge >= 0.3 is 0 Å². The molecule has 1 N–H and O–H groups in total. The van der Waals surface area contributed by atoms with E-state index in [4.69, 9.17) is 0 Å². The van der Waals surface area contributed by atoms with Gasteiger partial charge in [-0.1, -0.05) is 15.9 Å². The fraction of sp³-hybridized carbons (Fsp3) is 0.444. The van der Waals surface area contributed by atoms with E-state index in [1.54, 1.807) is 6.07 Å². The Balaban J connectivity index is 0.00000169. The second-order valence-electron chi connectivity index (χ2n) is 2.88. The van der Waals surface area contributed by atoms with E-state index < -0.39 is 0 Å². The van der Waals surface area contributed by atoms with Gasteiger partial charge in [-0.15, -0.1) is 17.0 Å². The number of nitrogens with one attached hydrogen (secondary N) is 1. The van der Waals surface area contributed by atoms with E-state index in [0.717, 1.165) is 28.6 Å². The monoisotopic (exact) mass is 324 g/mol. The number of hydrogen-bond acceptors (Lipinski definition) is 2. The van der Waals surface area contributed by atoms with Gasteiger partial charge in [0.1, 0.15) is 0 Å². The molecular weight excluding hydrogens is 312 g/mol. The molecule has 1 aromatic heterocycles. The quantitative estimate of drug-likeness (QED) is 0.399. The van der Waals surface area contributed by atoms with Crippen LogP contribution in [0.2, 0.25) is 0 Å². The molecule has 0 saturated carbocycles. The van der Waals surface area contributed by atoms with Crippen LogP contribution >= 0.6 is 32.9 Å². The summed E-state index contributed by atoms with van der Waals surface area (Å²) in [4.78, 5) is 0. The van der Waals surface area contributed by atoms with Gasteiger partial charge in [-0.05, 0) is 25.0 Å². The molecule has 0 amide bonds. The Morgan fingerprint density at radius 2 is 2.29 bits per heavy atom. The summed E-state index contributed by atoms with van der Waals surface area (Å²) in [6, 6.07) is 3.64. The van der Waals surface area contributed by atoms with Crippen molar-refractivity contribution in [2.75, 3.05) is 17.2 Å². The smallest absolute Gasteiger partial charge is 0.277 e. The number of hydrogen-bond donors (Lipinski definition) is 1. The third-order valence-corrected chi connectivity index (χ3v) is 2.25. The Labute approximate surface area is 103 Å². The van der Waals surface area contributed by atoms with Crippen LogP contribution in [0.3, 0.4) is 0 Å². The lowest BCUT2D eigenvalue weighted by Gasteiger charge is -2.08. The number of alkyl halides is 1. The topological polar surface area (TPSA) is 39.0 Å². The largest absolute Gasteiger partial charge is 0.711 e. The minimum absolute atomic E-state index is 0. The molecule has 0 saturated heterocycles. The maximum absolute atomic E-state index is 11.2. The van der Waals surface area contributed by atoms with Crippen molar-refractivity contribution in [2.24, 2.45) is 0 Å². The zero-order valence-corrected chi connectivity index (χ0v) is 11.3. The zero-order chi connectivity index (χ0) is 9.68. The van der Waals surface area contributed by atoms with Crippen molar-refractivity contribution in [3.8, 4) is 0 Å². The third-order valence-electron chi connectivity index (χ3n) is 1.69. The number of rotatable bonds is 4. The summed E-state index contributed by atoms with van der Waals surface area (Å²) in [5.41, 5.74) is 1.09. The molecule has 0 atom stereocenters. The molecule has 14 heavy (non-hydrogen) atoms. The number of halogens is 2. The first-order valence-electron chi connectivity index (χ1n) is 4.23. The van der Waals surface area contributed by atoms with Crippen LogP contribution in [0.25, 0.3) is 0 Å². The van der Waals surface area contributed by atoms with Crippen molar-refractivity contribution in [1.29, 1.82) is 0 Å². The maximum Gasteiger partial charge on any atom is 0.277 e. The van der Waals surface area contributed by atoms with Gasteiger partial charge in [0.2, 0.25) is 0 Å². The lowest BCUT2D eigenvalue weighted by molar-refractivity contribution is -0.590. The van der Waals surface area contributed by atoms with Gasteiger partial charge in [-0.25, -0.2) is 4.73 Å². The van der Waals surface area contributed by atoms with Gasteiger partial charge < -0.3 is 5.21 Å². The van der Waals surface area contributed by atoms with Crippen molar-refractivity contribution in [1.82, 2.24) is 0 Å². The number of nitrogens with zero attached hydrogens (tertiary/aromatic N) is 1. The highest BCUT2D eigenvalue weighted by Crippen LogP contribution is 2.03. The maximum atomic E-state index is 11.2. The van der Waals surface area contributed by atoms with Crippen molar-refractivity contribution >= 4 is 38.7 Å². The van der Waals surface area contributed by atoms with Crippen molar-refractivity contribution in [2.45, 2.75) is 13.3 Å². The Morgan fingerprint density at radius 3 is 2.93 bits per heavy atom. The second-order valence-corrected chi connectivity index (χ2v) is 3.68. The van der Waals surface area contributed by atoms with E-state index in [1.807, 2.05) is 13.0 Å². The summed E-state index contributed by atoms with van der Waals surface area (Å²) >= 11 is 3.33. The van der Waals surface area contributed by atoms with Crippen LogP contribution in [-0.2, 0) is 0 Å². The average molecular weight is 326 g/mol. The van der Waals surface area contributed by atoms with Crippen molar-refractivity contribution in [3.63, 3.8) is 0 Å². The van der Waals surface area contributed by atoms with Crippen LogP contribution in [0.15, 0.2) is 18.3 Å². The van der Waals surface area contributed by atoms with E-state index in [-0.39, 0.29) is 17.0 Å². The normalized spacial score (nSPS) is 9.29. The molecule has 0 aromatic carbocycles. The minimum Gasteiger partial charge on any atom is -0.711 e. The van der Waals surface area contributed by atoms with E-state index in [0.29, 0.717) is 5.82 Å². The van der Waals surface area contributed by atoms with Crippen LogP contribution < -0.4 is 10.0 Å². The number of pyridine rings is 1. The van der Waals surface area contributed by atoms with Gasteiger partial charge in [-0.3, -0.25) is 5.32 Å². The van der Waals surface area contributed by atoms with E-state index in [1.165, 1.54) is 6.20 Å². The highest BCUT2D eigenvalue weighted by molar-refractivity contribution is 9.09. The molecule has 0 spiro atoms. The number of aromatic nitrogens is 1. The van der Waals surface area contributed by atoms with Crippen molar-refractivity contribution in [3.05, 3.63) is 29.1 Å². The predicted octanol–water partition coefficient (Wildman–Crippen LogP) is 2.40. The summed E-state index contributed by atoms with van der Waals surface area (Å²) in [5.74, 6) is 0.626. The average Bonchev–Trinajstić information content (AvgIpc) is 2.11. The molecule has 3 nitrogen and oxygen atoms in total. The van der Waals surface area contributed by atoms with Crippen LogP contribution in [-0.4, -0.2) is 11.9 Å². The fourth-order valence-corrected chi connectivity index (χ4v) is 1.29. The lowest BCUT2D eigenvalue weighted by Crippen LogP contribution is -2.30. The second kappa shape index (κ2) is 7.06. The molecule has 0 unspecified atom stereocenters. The molecule has 0 radical (unpaired) electrons. The summed E-state index contributed by atoms with van der Waals surface area (Å²) in [7, 11) is 0.